The molecule has 0 radical (unpaired) electrons. The van der Waals surface area contributed by atoms with Crippen LogP contribution in [0, 0.1) is 17.5 Å². The Morgan fingerprint density at radius 3 is 2.36 bits per heavy atom. The highest BCUT2D eigenvalue weighted by Gasteiger charge is 2.17. The second kappa shape index (κ2) is 7.15. The quantitative estimate of drug-likeness (QED) is 0.839. The molecule has 2 amide bonds. The Labute approximate surface area is 125 Å². The summed E-state index contributed by atoms with van der Waals surface area (Å²) in [5.41, 5.74) is -1.14. The van der Waals surface area contributed by atoms with E-state index in [1.54, 1.807) is 20.8 Å². The molecule has 0 heterocycles. The van der Waals surface area contributed by atoms with Crippen molar-refractivity contribution in [3.8, 4) is 0 Å². The molecule has 1 rings (SSSR count). The first-order valence-electron chi connectivity index (χ1n) is 6.50. The van der Waals surface area contributed by atoms with Crippen LogP contribution in [0.25, 0.3) is 0 Å². The molecule has 1 aromatic carbocycles. The number of amides is 2. The van der Waals surface area contributed by atoms with Crippen molar-refractivity contribution < 1.29 is 27.5 Å². The first kappa shape index (κ1) is 17.8. The average Bonchev–Trinajstić information content (AvgIpc) is 2.37. The molecule has 0 aromatic heterocycles. The van der Waals surface area contributed by atoms with Crippen molar-refractivity contribution in [1.82, 2.24) is 5.32 Å². The molecule has 0 aliphatic rings. The molecule has 22 heavy (non-hydrogen) atoms. The average molecular weight is 318 g/mol. The Hall–Kier alpha value is -2.25. The number of hydrogen-bond acceptors (Lipinski definition) is 3. The van der Waals surface area contributed by atoms with Gasteiger partial charge in [0.2, 0.25) is 5.91 Å². The van der Waals surface area contributed by atoms with Crippen molar-refractivity contribution in [1.29, 1.82) is 0 Å². The molecular weight excluding hydrogens is 301 g/mol. The Morgan fingerprint density at radius 1 is 1.14 bits per heavy atom. The Balaban J connectivity index is 2.45. The van der Waals surface area contributed by atoms with Crippen molar-refractivity contribution in [3.05, 3.63) is 29.6 Å². The number of benzene rings is 1. The molecule has 5 nitrogen and oxygen atoms in total. The maximum atomic E-state index is 13.3. The molecule has 2 N–H and O–H groups in total. The molecule has 122 valence electrons. The van der Waals surface area contributed by atoms with Crippen LogP contribution in [0.15, 0.2) is 12.1 Å². The predicted molar refractivity (Wildman–Crippen MR) is 73.8 cm³/mol. The SMILES string of the molecule is CC(C)(C)OC(=O)NCCC(=O)Nc1ccc(F)c(F)c1F. The molecule has 0 unspecified atom stereocenters. The fourth-order valence-corrected chi connectivity index (χ4v) is 1.43. The summed E-state index contributed by atoms with van der Waals surface area (Å²) in [5, 5.41) is 4.43. The minimum atomic E-state index is -1.66. The molecule has 0 aliphatic heterocycles. The number of carbonyl (C=O) groups excluding carboxylic acids is 2. The number of rotatable bonds is 4. The number of ether oxygens (including phenoxy) is 1. The lowest BCUT2D eigenvalue weighted by molar-refractivity contribution is -0.116. The van der Waals surface area contributed by atoms with Gasteiger partial charge < -0.3 is 15.4 Å². The van der Waals surface area contributed by atoms with Crippen molar-refractivity contribution in [2.45, 2.75) is 32.8 Å². The maximum absolute atomic E-state index is 13.3. The van der Waals surface area contributed by atoms with Crippen LogP contribution in [0.3, 0.4) is 0 Å². The minimum absolute atomic E-state index is 0.0496. The van der Waals surface area contributed by atoms with Gasteiger partial charge in [-0.05, 0) is 32.9 Å². The second-order valence-electron chi connectivity index (χ2n) is 5.45. The molecule has 0 saturated heterocycles. The third kappa shape index (κ3) is 5.63. The summed E-state index contributed by atoms with van der Waals surface area (Å²) in [4.78, 5) is 22.9. The van der Waals surface area contributed by atoms with Crippen LogP contribution in [-0.4, -0.2) is 24.1 Å². The zero-order chi connectivity index (χ0) is 16.9. The van der Waals surface area contributed by atoms with E-state index in [1.807, 2.05) is 0 Å². The first-order valence-corrected chi connectivity index (χ1v) is 6.50. The summed E-state index contributed by atoms with van der Waals surface area (Å²) in [6, 6.07) is 1.61. The molecule has 1 aromatic rings. The Bertz CT molecular complexity index is 571. The van der Waals surface area contributed by atoms with Crippen LogP contribution in [-0.2, 0) is 9.53 Å². The zero-order valence-corrected chi connectivity index (χ0v) is 12.4. The minimum Gasteiger partial charge on any atom is -0.444 e. The molecule has 0 aliphatic carbocycles. The van der Waals surface area contributed by atoms with Crippen LogP contribution >= 0.6 is 0 Å². The highest BCUT2D eigenvalue weighted by molar-refractivity contribution is 5.91. The van der Waals surface area contributed by atoms with Crippen LogP contribution in [0.5, 0.6) is 0 Å². The van der Waals surface area contributed by atoms with Crippen molar-refractivity contribution in [2.75, 3.05) is 11.9 Å². The van der Waals surface area contributed by atoms with Crippen molar-refractivity contribution >= 4 is 17.7 Å². The summed E-state index contributed by atoms with van der Waals surface area (Å²) in [6.07, 6.45) is -0.878. The van der Waals surface area contributed by atoms with Gasteiger partial charge in [0.15, 0.2) is 17.5 Å². The smallest absolute Gasteiger partial charge is 0.407 e. The molecule has 0 atom stereocenters. The summed E-state index contributed by atoms with van der Waals surface area (Å²) >= 11 is 0. The van der Waals surface area contributed by atoms with Gasteiger partial charge >= 0.3 is 6.09 Å². The monoisotopic (exact) mass is 318 g/mol. The van der Waals surface area contributed by atoms with E-state index >= 15 is 0 Å². The molecular formula is C14H17F3N2O3. The van der Waals surface area contributed by atoms with Gasteiger partial charge in [-0.2, -0.15) is 0 Å². The standard InChI is InChI=1S/C14H17F3N2O3/c1-14(2,3)22-13(21)18-7-6-10(20)19-9-5-4-8(15)11(16)12(9)17/h4-5H,6-7H2,1-3H3,(H,18,21)(H,19,20). The number of anilines is 1. The van der Waals surface area contributed by atoms with Gasteiger partial charge in [-0.15, -0.1) is 0 Å². The second-order valence-corrected chi connectivity index (χ2v) is 5.45. The fourth-order valence-electron chi connectivity index (χ4n) is 1.43. The zero-order valence-electron chi connectivity index (χ0n) is 12.4. The Morgan fingerprint density at radius 2 is 1.77 bits per heavy atom. The summed E-state index contributed by atoms with van der Waals surface area (Å²) in [7, 11) is 0. The Kier molecular flexibility index (Phi) is 5.78. The van der Waals surface area contributed by atoms with E-state index in [9.17, 15) is 22.8 Å². The van der Waals surface area contributed by atoms with E-state index in [0.29, 0.717) is 6.07 Å². The first-order chi connectivity index (χ1) is 10.1. The molecule has 0 saturated carbocycles. The number of alkyl carbamates (subject to hydrolysis) is 1. The molecule has 0 bridgehead atoms. The molecule has 8 heteroatoms. The lowest BCUT2D eigenvalue weighted by Crippen LogP contribution is -2.34. The third-order valence-corrected chi connectivity index (χ3v) is 2.33. The lowest BCUT2D eigenvalue weighted by atomic mass is 10.2. The number of carbonyl (C=O) groups is 2. The van der Waals surface area contributed by atoms with Gasteiger partial charge in [-0.1, -0.05) is 0 Å². The number of nitrogens with one attached hydrogen (secondary N) is 2. The van der Waals surface area contributed by atoms with Crippen molar-refractivity contribution in [3.63, 3.8) is 0 Å². The topological polar surface area (TPSA) is 67.4 Å². The van der Waals surface area contributed by atoms with Gasteiger partial charge in [-0.3, -0.25) is 4.79 Å². The highest BCUT2D eigenvalue weighted by atomic mass is 19.2. The van der Waals surface area contributed by atoms with Crippen LogP contribution < -0.4 is 10.6 Å². The predicted octanol–water partition coefficient (Wildman–Crippen LogP) is 2.96. The van der Waals surface area contributed by atoms with E-state index in [2.05, 4.69) is 10.6 Å². The van der Waals surface area contributed by atoms with Crippen LogP contribution in [0.4, 0.5) is 23.7 Å². The number of halogens is 3. The van der Waals surface area contributed by atoms with Crippen LogP contribution in [0.1, 0.15) is 27.2 Å². The fraction of sp³-hybridized carbons (Fsp3) is 0.429. The van der Waals surface area contributed by atoms with Gasteiger partial charge in [-0.25, -0.2) is 18.0 Å². The van der Waals surface area contributed by atoms with Gasteiger partial charge in [0, 0.05) is 13.0 Å². The van der Waals surface area contributed by atoms with Crippen molar-refractivity contribution in [2.24, 2.45) is 0 Å². The normalized spacial score (nSPS) is 11.0. The van der Waals surface area contributed by atoms with E-state index < -0.39 is 40.7 Å². The summed E-state index contributed by atoms with van der Waals surface area (Å²) < 4.78 is 44.0. The largest absolute Gasteiger partial charge is 0.444 e. The third-order valence-electron chi connectivity index (χ3n) is 2.33. The van der Waals surface area contributed by atoms with E-state index in [4.69, 9.17) is 4.74 Å². The summed E-state index contributed by atoms with van der Waals surface area (Å²) in [6.45, 7) is 5.01. The highest BCUT2D eigenvalue weighted by Crippen LogP contribution is 2.19. The molecule has 0 fully saturated rings. The van der Waals surface area contributed by atoms with E-state index in [0.717, 1.165) is 6.07 Å². The van der Waals surface area contributed by atoms with Crippen LogP contribution in [0.2, 0.25) is 0 Å². The van der Waals surface area contributed by atoms with Gasteiger partial charge in [0.05, 0.1) is 5.69 Å². The maximum Gasteiger partial charge on any atom is 0.407 e. The number of hydrogen-bond donors (Lipinski definition) is 2. The van der Waals surface area contributed by atoms with Gasteiger partial charge in [0.25, 0.3) is 0 Å². The van der Waals surface area contributed by atoms with E-state index in [1.165, 1.54) is 0 Å². The van der Waals surface area contributed by atoms with Gasteiger partial charge in [0.1, 0.15) is 5.60 Å². The lowest BCUT2D eigenvalue weighted by Gasteiger charge is -2.19. The molecule has 0 spiro atoms. The van der Waals surface area contributed by atoms with E-state index in [-0.39, 0.29) is 13.0 Å². The summed E-state index contributed by atoms with van der Waals surface area (Å²) in [5.74, 6) is -5.15.